The second-order valence-corrected chi connectivity index (χ2v) is 5.79. The van der Waals surface area contributed by atoms with E-state index in [0.717, 1.165) is 24.9 Å². The van der Waals surface area contributed by atoms with Crippen LogP contribution in [0.4, 0.5) is 0 Å². The molecule has 0 aromatic heterocycles. The summed E-state index contributed by atoms with van der Waals surface area (Å²) in [6.07, 6.45) is 6.59. The van der Waals surface area contributed by atoms with E-state index in [0.29, 0.717) is 6.42 Å². The number of aliphatic carboxylic acids is 1. The van der Waals surface area contributed by atoms with Crippen molar-refractivity contribution in [3.63, 3.8) is 0 Å². The van der Waals surface area contributed by atoms with E-state index >= 15 is 0 Å². The van der Waals surface area contributed by atoms with E-state index in [4.69, 9.17) is 9.84 Å². The first-order valence-electron chi connectivity index (χ1n) is 6.84. The summed E-state index contributed by atoms with van der Waals surface area (Å²) in [5.41, 5.74) is 0. The summed E-state index contributed by atoms with van der Waals surface area (Å²) >= 11 is 0. The van der Waals surface area contributed by atoms with Crippen molar-refractivity contribution < 1.29 is 14.6 Å². The molecule has 0 bridgehead atoms. The maximum atomic E-state index is 10.8. The van der Waals surface area contributed by atoms with Crippen LogP contribution in [0.2, 0.25) is 0 Å². The Bertz CT molecular complexity index is 299. The van der Waals surface area contributed by atoms with Gasteiger partial charge >= 0.3 is 5.97 Å². The molecule has 3 aliphatic rings. The van der Waals surface area contributed by atoms with Gasteiger partial charge in [0, 0.05) is 19.1 Å². The van der Waals surface area contributed by atoms with Gasteiger partial charge in [0.25, 0.3) is 0 Å². The first kappa shape index (κ1) is 11.5. The van der Waals surface area contributed by atoms with Crippen LogP contribution in [0.15, 0.2) is 0 Å². The molecule has 3 rings (SSSR count). The summed E-state index contributed by atoms with van der Waals surface area (Å²) in [6.45, 7) is 2.16. The van der Waals surface area contributed by atoms with Gasteiger partial charge in [-0.3, -0.25) is 4.90 Å². The van der Waals surface area contributed by atoms with Crippen LogP contribution < -0.4 is 0 Å². The number of carboxylic acids is 1. The topological polar surface area (TPSA) is 49.8 Å². The number of nitrogens with zero attached hydrogens (tertiary/aromatic N) is 1. The average molecular weight is 239 g/mol. The fourth-order valence-corrected chi connectivity index (χ4v) is 2.73. The molecule has 1 saturated heterocycles. The van der Waals surface area contributed by atoms with Crippen molar-refractivity contribution in [2.24, 2.45) is 5.92 Å². The van der Waals surface area contributed by atoms with Crippen molar-refractivity contribution in [3.8, 4) is 0 Å². The molecule has 0 radical (unpaired) electrons. The average Bonchev–Trinajstić information content (AvgIpc) is 3.17. The Morgan fingerprint density at radius 3 is 2.41 bits per heavy atom. The molecule has 1 heterocycles. The van der Waals surface area contributed by atoms with Crippen LogP contribution in [0, 0.1) is 5.92 Å². The van der Waals surface area contributed by atoms with Crippen molar-refractivity contribution >= 4 is 5.97 Å². The highest BCUT2D eigenvalue weighted by atomic mass is 16.5. The van der Waals surface area contributed by atoms with E-state index in [2.05, 4.69) is 4.90 Å². The van der Waals surface area contributed by atoms with Crippen LogP contribution in [-0.2, 0) is 9.53 Å². The van der Waals surface area contributed by atoms with E-state index in [1.165, 1.54) is 32.2 Å². The van der Waals surface area contributed by atoms with Crippen LogP contribution in [-0.4, -0.2) is 47.3 Å². The third-order valence-electron chi connectivity index (χ3n) is 4.07. The maximum Gasteiger partial charge on any atom is 0.332 e. The summed E-state index contributed by atoms with van der Waals surface area (Å²) in [5, 5.41) is 8.90. The highest BCUT2D eigenvalue weighted by Gasteiger charge is 2.37. The Hall–Kier alpha value is -0.610. The van der Waals surface area contributed by atoms with Gasteiger partial charge in [-0.1, -0.05) is 0 Å². The molecule has 4 heteroatoms. The van der Waals surface area contributed by atoms with Gasteiger partial charge in [0.05, 0.1) is 6.10 Å². The number of carboxylic acid groups (broad SMARTS) is 1. The maximum absolute atomic E-state index is 10.8. The molecular weight excluding hydrogens is 218 g/mol. The van der Waals surface area contributed by atoms with Crippen molar-refractivity contribution in [1.82, 2.24) is 4.90 Å². The number of carbonyl (C=O) groups is 1. The van der Waals surface area contributed by atoms with Gasteiger partial charge in [-0.2, -0.15) is 0 Å². The Kier molecular flexibility index (Phi) is 3.09. The smallest absolute Gasteiger partial charge is 0.332 e. The van der Waals surface area contributed by atoms with Gasteiger partial charge in [-0.25, -0.2) is 4.79 Å². The number of hydrogen-bond donors (Lipinski definition) is 1. The number of hydrogen-bond acceptors (Lipinski definition) is 3. The predicted molar refractivity (Wildman–Crippen MR) is 62.8 cm³/mol. The standard InChI is InChI=1S/C13H21NO3/c15-13(16)12-6-5-11(17-12)8-14(10-3-4-10)7-9-1-2-9/h9-12H,1-8H2,(H,15,16). The van der Waals surface area contributed by atoms with Gasteiger partial charge in [0.15, 0.2) is 6.10 Å². The minimum Gasteiger partial charge on any atom is -0.479 e. The van der Waals surface area contributed by atoms with Gasteiger partial charge in [-0.05, 0) is 44.4 Å². The zero-order valence-corrected chi connectivity index (χ0v) is 10.2. The lowest BCUT2D eigenvalue weighted by Crippen LogP contribution is -2.36. The summed E-state index contributed by atoms with van der Waals surface area (Å²) in [5.74, 6) is 0.111. The van der Waals surface area contributed by atoms with Crippen LogP contribution in [0.5, 0.6) is 0 Å². The molecule has 96 valence electrons. The minimum atomic E-state index is -0.798. The van der Waals surface area contributed by atoms with Crippen LogP contribution in [0.3, 0.4) is 0 Å². The van der Waals surface area contributed by atoms with E-state index in [-0.39, 0.29) is 6.10 Å². The van der Waals surface area contributed by atoms with E-state index in [1.54, 1.807) is 0 Å². The highest BCUT2D eigenvalue weighted by molar-refractivity contribution is 5.72. The molecule has 4 nitrogen and oxygen atoms in total. The molecule has 0 spiro atoms. The van der Waals surface area contributed by atoms with E-state index < -0.39 is 12.1 Å². The van der Waals surface area contributed by atoms with Gasteiger partial charge < -0.3 is 9.84 Å². The number of rotatable bonds is 6. The zero-order chi connectivity index (χ0) is 11.8. The lowest BCUT2D eigenvalue weighted by Gasteiger charge is -2.25. The van der Waals surface area contributed by atoms with Gasteiger partial charge in [0.2, 0.25) is 0 Å². The predicted octanol–water partition coefficient (Wildman–Crippen LogP) is 1.49. The normalized spacial score (nSPS) is 33.2. The van der Waals surface area contributed by atoms with Crippen LogP contribution >= 0.6 is 0 Å². The molecule has 1 aliphatic heterocycles. The molecule has 3 fully saturated rings. The monoisotopic (exact) mass is 239 g/mol. The van der Waals surface area contributed by atoms with Crippen LogP contribution in [0.25, 0.3) is 0 Å². The first-order valence-corrected chi connectivity index (χ1v) is 6.84. The molecule has 2 aliphatic carbocycles. The molecule has 1 N–H and O–H groups in total. The molecule has 0 amide bonds. The van der Waals surface area contributed by atoms with Crippen LogP contribution in [0.1, 0.15) is 38.5 Å². The Labute approximate surface area is 102 Å². The largest absolute Gasteiger partial charge is 0.479 e. The molecule has 0 aromatic carbocycles. The highest BCUT2D eigenvalue weighted by Crippen LogP contribution is 2.35. The molecule has 2 atom stereocenters. The fourth-order valence-electron chi connectivity index (χ4n) is 2.73. The Balaban J connectivity index is 1.49. The van der Waals surface area contributed by atoms with Crippen molar-refractivity contribution in [2.75, 3.05) is 13.1 Å². The third kappa shape index (κ3) is 2.99. The van der Waals surface area contributed by atoms with Crippen molar-refractivity contribution in [3.05, 3.63) is 0 Å². The molecule has 17 heavy (non-hydrogen) atoms. The zero-order valence-electron chi connectivity index (χ0n) is 10.2. The van der Waals surface area contributed by atoms with Gasteiger partial charge in [0.1, 0.15) is 0 Å². The summed E-state index contributed by atoms with van der Waals surface area (Å²) < 4.78 is 5.59. The summed E-state index contributed by atoms with van der Waals surface area (Å²) in [4.78, 5) is 13.4. The molecule has 2 unspecified atom stereocenters. The van der Waals surface area contributed by atoms with Gasteiger partial charge in [-0.15, -0.1) is 0 Å². The van der Waals surface area contributed by atoms with Crippen molar-refractivity contribution in [2.45, 2.75) is 56.8 Å². The second kappa shape index (κ2) is 4.58. The first-order chi connectivity index (χ1) is 8.22. The fraction of sp³-hybridized carbons (Fsp3) is 0.923. The van der Waals surface area contributed by atoms with Crippen molar-refractivity contribution in [1.29, 1.82) is 0 Å². The minimum absolute atomic E-state index is 0.149. The lowest BCUT2D eigenvalue weighted by atomic mass is 10.2. The molecule has 0 aromatic rings. The molecule has 2 saturated carbocycles. The van der Waals surface area contributed by atoms with E-state index in [1.807, 2.05) is 0 Å². The quantitative estimate of drug-likeness (QED) is 0.763. The Morgan fingerprint density at radius 1 is 1.12 bits per heavy atom. The second-order valence-electron chi connectivity index (χ2n) is 5.79. The summed E-state index contributed by atoms with van der Waals surface area (Å²) in [6, 6.07) is 0.767. The Morgan fingerprint density at radius 2 is 1.88 bits per heavy atom. The molecular formula is C13H21NO3. The lowest BCUT2D eigenvalue weighted by molar-refractivity contribution is -0.149. The third-order valence-corrected chi connectivity index (χ3v) is 4.07. The number of ether oxygens (including phenoxy) is 1. The summed E-state index contributed by atoms with van der Waals surface area (Å²) in [7, 11) is 0. The SMILES string of the molecule is O=C(O)C1CCC(CN(CC2CC2)C2CC2)O1. The van der Waals surface area contributed by atoms with E-state index in [9.17, 15) is 4.79 Å².